The third-order valence-corrected chi connectivity index (χ3v) is 5.98. The second-order valence-corrected chi connectivity index (χ2v) is 9.02. The van der Waals surface area contributed by atoms with Gasteiger partial charge in [-0.2, -0.15) is 0 Å². The highest BCUT2D eigenvalue weighted by Crippen LogP contribution is 2.25. The summed E-state index contributed by atoms with van der Waals surface area (Å²) in [5.41, 5.74) is 0. The molecule has 0 radical (unpaired) electrons. The van der Waals surface area contributed by atoms with E-state index in [1.54, 1.807) is 0 Å². The fourth-order valence-corrected chi connectivity index (χ4v) is 4.38. The van der Waals surface area contributed by atoms with E-state index >= 15 is 0 Å². The molecule has 2 aromatic rings. The van der Waals surface area contributed by atoms with Gasteiger partial charge in [-0.05, 0) is 42.7 Å². The molecular formula is C23H34N2O2S. The monoisotopic (exact) mass is 402 g/mol. The molecule has 28 heavy (non-hydrogen) atoms. The summed E-state index contributed by atoms with van der Waals surface area (Å²) in [6, 6.07) is 9.55. The first-order chi connectivity index (χ1) is 13.4. The van der Waals surface area contributed by atoms with Crippen molar-refractivity contribution in [2.45, 2.75) is 78.3 Å². The lowest BCUT2D eigenvalue weighted by molar-refractivity contribution is -0.124. The van der Waals surface area contributed by atoms with Gasteiger partial charge in [0.15, 0.2) is 0 Å². The molecule has 0 spiro atoms. The average Bonchev–Trinajstić information content (AvgIpc) is 3.09. The first kappa shape index (κ1) is 22.4. The number of amides is 2. The van der Waals surface area contributed by atoms with Crippen LogP contribution in [-0.2, 0) is 4.79 Å². The van der Waals surface area contributed by atoms with Crippen LogP contribution in [0.2, 0.25) is 0 Å². The van der Waals surface area contributed by atoms with Gasteiger partial charge in [0.1, 0.15) is 6.04 Å². The van der Waals surface area contributed by atoms with Crippen LogP contribution in [0.1, 0.15) is 75.9 Å². The van der Waals surface area contributed by atoms with Crippen LogP contribution in [0.4, 0.5) is 0 Å². The molecule has 1 aromatic carbocycles. The molecule has 2 N–H and O–H groups in total. The average molecular weight is 403 g/mol. The zero-order valence-corrected chi connectivity index (χ0v) is 18.4. The molecule has 1 unspecified atom stereocenters. The molecule has 2 rings (SSSR count). The molecule has 1 aromatic heterocycles. The van der Waals surface area contributed by atoms with Crippen molar-refractivity contribution in [2.24, 2.45) is 5.92 Å². The Labute approximate surface area is 173 Å². The van der Waals surface area contributed by atoms with Gasteiger partial charge in [-0.25, -0.2) is 0 Å². The summed E-state index contributed by atoms with van der Waals surface area (Å²) in [5, 5.41) is 7.24. The van der Waals surface area contributed by atoms with Crippen LogP contribution in [0, 0.1) is 5.92 Å². The highest BCUT2D eigenvalue weighted by atomic mass is 32.1. The second-order valence-electron chi connectivity index (χ2n) is 7.94. The topological polar surface area (TPSA) is 58.2 Å². The summed E-state index contributed by atoms with van der Waals surface area (Å²) >= 11 is 1.47. The van der Waals surface area contributed by atoms with Crippen molar-refractivity contribution < 1.29 is 9.59 Å². The highest BCUT2D eigenvalue weighted by molar-refractivity contribution is 7.20. The molecule has 2 atom stereocenters. The van der Waals surface area contributed by atoms with E-state index in [4.69, 9.17) is 0 Å². The Morgan fingerprint density at radius 2 is 1.79 bits per heavy atom. The van der Waals surface area contributed by atoms with Gasteiger partial charge in [-0.3, -0.25) is 9.59 Å². The Bertz CT molecular complexity index is 736. The highest BCUT2D eigenvalue weighted by Gasteiger charge is 2.25. The number of thiophene rings is 1. The lowest BCUT2D eigenvalue weighted by atomic mass is 10.0. The number of benzene rings is 1. The van der Waals surface area contributed by atoms with Crippen molar-refractivity contribution >= 4 is 33.2 Å². The predicted octanol–water partition coefficient (Wildman–Crippen LogP) is 5.52. The van der Waals surface area contributed by atoms with Crippen molar-refractivity contribution in [3.63, 3.8) is 0 Å². The van der Waals surface area contributed by atoms with Gasteiger partial charge >= 0.3 is 0 Å². The van der Waals surface area contributed by atoms with E-state index in [2.05, 4.69) is 38.3 Å². The van der Waals surface area contributed by atoms with Gasteiger partial charge in [-0.15, -0.1) is 11.3 Å². The van der Waals surface area contributed by atoms with Gasteiger partial charge < -0.3 is 10.6 Å². The lowest BCUT2D eigenvalue weighted by Crippen LogP contribution is -2.50. The summed E-state index contributed by atoms with van der Waals surface area (Å²) in [5.74, 6) is 0.0963. The summed E-state index contributed by atoms with van der Waals surface area (Å²) in [4.78, 5) is 26.4. The van der Waals surface area contributed by atoms with Gasteiger partial charge in [0, 0.05) is 10.7 Å². The molecule has 0 aliphatic rings. The quantitative estimate of drug-likeness (QED) is 0.520. The second kappa shape index (κ2) is 11.2. The Balaban J connectivity index is 2.08. The fraction of sp³-hybridized carbons (Fsp3) is 0.565. The van der Waals surface area contributed by atoms with Crippen molar-refractivity contribution in [1.82, 2.24) is 10.6 Å². The Hall–Kier alpha value is -1.88. The smallest absolute Gasteiger partial charge is 0.262 e. The number of unbranched alkanes of at least 4 members (excludes halogenated alkanes) is 1. The molecule has 154 valence electrons. The maximum absolute atomic E-state index is 12.9. The Morgan fingerprint density at radius 1 is 1.04 bits per heavy atom. The lowest BCUT2D eigenvalue weighted by Gasteiger charge is -2.24. The Kier molecular flexibility index (Phi) is 8.97. The fourth-order valence-electron chi connectivity index (χ4n) is 3.42. The van der Waals surface area contributed by atoms with Crippen LogP contribution in [0.3, 0.4) is 0 Å². The maximum Gasteiger partial charge on any atom is 0.262 e. The van der Waals surface area contributed by atoms with E-state index in [9.17, 15) is 9.59 Å². The molecule has 1 heterocycles. The number of hydrogen-bond donors (Lipinski definition) is 2. The minimum atomic E-state index is -0.501. The van der Waals surface area contributed by atoms with E-state index in [0.29, 0.717) is 17.2 Å². The van der Waals surface area contributed by atoms with Crippen molar-refractivity contribution in [2.75, 3.05) is 0 Å². The summed E-state index contributed by atoms with van der Waals surface area (Å²) in [7, 11) is 0. The van der Waals surface area contributed by atoms with E-state index < -0.39 is 6.04 Å². The van der Waals surface area contributed by atoms with Gasteiger partial charge in [0.2, 0.25) is 5.91 Å². The number of hydrogen-bond acceptors (Lipinski definition) is 3. The molecule has 0 saturated heterocycles. The Morgan fingerprint density at radius 3 is 2.43 bits per heavy atom. The van der Waals surface area contributed by atoms with E-state index in [1.807, 2.05) is 30.3 Å². The number of fused-ring (bicyclic) bond motifs is 1. The number of nitrogens with one attached hydrogen (secondary N) is 2. The molecule has 0 saturated carbocycles. The van der Waals surface area contributed by atoms with Crippen LogP contribution in [-0.4, -0.2) is 23.9 Å². The molecule has 5 heteroatoms. The SMILES string of the molecule is CCCCC(CCC)NC(=O)[C@H](CC(C)C)NC(=O)c1cc2ccccc2s1. The third-order valence-electron chi connectivity index (χ3n) is 4.87. The van der Waals surface area contributed by atoms with Crippen LogP contribution >= 0.6 is 11.3 Å². The van der Waals surface area contributed by atoms with E-state index in [-0.39, 0.29) is 17.9 Å². The van der Waals surface area contributed by atoms with Gasteiger partial charge in [0.05, 0.1) is 4.88 Å². The summed E-state index contributed by atoms with van der Waals surface area (Å²) < 4.78 is 1.08. The molecule has 2 amide bonds. The largest absolute Gasteiger partial charge is 0.352 e. The normalized spacial score (nSPS) is 13.5. The number of carbonyl (C=O) groups is 2. The molecule has 0 bridgehead atoms. The van der Waals surface area contributed by atoms with E-state index in [0.717, 1.165) is 42.2 Å². The molecule has 4 nitrogen and oxygen atoms in total. The summed E-state index contributed by atoms with van der Waals surface area (Å²) in [6.45, 7) is 8.45. The van der Waals surface area contributed by atoms with E-state index in [1.165, 1.54) is 11.3 Å². The molecule has 0 aliphatic carbocycles. The van der Waals surface area contributed by atoms with Crippen LogP contribution in [0.25, 0.3) is 10.1 Å². The van der Waals surface area contributed by atoms with Crippen LogP contribution in [0.15, 0.2) is 30.3 Å². The minimum Gasteiger partial charge on any atom is -0.352 e. The molecular weight excluding hydrogens is 368 g/mol. The number of rotatable bonds is 11. The third kappa shape index (κ3) is 6.62. The van der Waals surface area contributed by atoms with Crippen molar-refractivity contribution in [3.8, 4) is 0 Å². The number of carbonyl (C=O) groups excluding carboxylic acids is 2. The maximum atomic E-state index is 12.9. The van der Waals surface area contributed by atoms with Crippen LogP contribution in [0.5, 0.6) is 0 Å². The first-order valence-electron chi connectivity index (χ1n) is 10.5. The predicted molar refractivity (Wildman–Crippen MR) is 119 cm³/mol. The standard InChI is InChI=1S/C23H34N2O2S/c1-5-7-12-18(10-6-2)24-22(26)19(14-16(3)4)25-23(27)21-15-17-11-8-9-13-20(17)28-21/h8-9,11,13,15-16,18-19H,5-7,10,12,14H2,1-4H3,(H,24,26)(H,25,27)/t18?,19-/m0/s1. The van der Waals surface area contributed by atoms with Crippen molar-refractivity contribution in [1.29, 1.82) is 0 Å². The van der Waals surface area contributed by atoms with Gasteiger partial charge in [-0.1, -0.05) is 65.2 Å². The van der Waals surface area contributed by atoms with Crippen molar-refractivity contribution in [3.05, 3.63) is 35.2 Å². The summed E-state index contributed by atoms with van der Waals surface area (Å²) in [6.07, 6.45) is 5.87. The zero-order chi connectivity index (χ0) is 20.5. The first-order valence-corrected chi connectivity index (χ1v) is 11.4. The minimum absolute atomic E-state index is 0.0577. The van der Waals surface area contributed by atoms with Crippen LogP contribution < -0.4 is 10.6 Å². The molecule has 0 fully saturated rings. The molecule has 0 aliphatic heterocycles. The van der Waals surface area contributed by atoms with Gasteiger partial charge in [0.25, 0.3) is 5.91 Å². The zero-order valence-electron chi connectivity index (χ0n) is 17.6.